The minimum Gasteiger partial charge on any atom is -0.289 e. The standard InChI is InChI=1S/C20H19Cl2N/c21-18-7-4-8-19(22)20(18)15-11-16-9-10-17(12-15)23(16)13-14-5-2-1-3-6-14/h1-8,11,16-17H,9-10,12-13H2. The zero-order valence-electron chi connectivity index (χ0n) is 12.9. The molecule has 0 aromatic heterocycles. The molecule has 2 aromatic rings. The quantitative estimate of drug-likeness (QED) is 0.679. The Kier molecular flexibility index (Phi) is 4.19. The van der Waals surface area contributed by atoms with Crippen molar-refractivity contribution >= 4 is 28.8 Å². The maximum absolute atomic E-state index is 6.41. The molecule has 2 heterocycles. The summed E-state index contributed by atoms with van der Waals surface area (Å²) in [5.74, 6) is 0. The lowest BCUT2D eigenvalue weighted by atomic mass is 9.94. The van der Waals surface area contributed by atoms with Crippen molar-refractivity contribution < 1.29 is 0 Å². The zero-order chi connectivity index (χ0) is 15.8. The van der Waals surface area contributed by atoms with E-state index in [4.69, 9.17) is 23.2 Å². The van der Waals surface area contributed by atoms with Crippen LogP contribution in [0.5, 0.6) is 0 Å². The van der Waals surface area contributed by atoms with Crippen LogP contribution in [0.2, 0.25) is 10.0 Å². The Morgan fingerprint density at radius 2 is 1.65 bits per heavy atom. The van der Waals surface area contributed by atoms with E-state index in [-0.39, 0.29) is 0 Å². The second-order valence-electron chi connectivity index (χ2n) is 6.45. The predicted molar refractivity (Wildman–Crippen MR) is 97.9 cm³/mol. The van der Waals surface area contributed by atoms with E-state index >= 15 is 0 Å². The van der Waals surface area contributed by atoms with Gasteiger partial charge < -0.3 is 0 Å². The van der Waals surface area contributed by atoms with Crippen LogP contribution >= 0.6 is 23.2 Å². The van der Waals surface area contributed by atoms with Gasteiger partial charge in [0.1, 0.15) is 0 Å². The van der Waals surface area contributed by atoms with E-state index < -0.39 is 0 Å². The Morgan fingerprint density at radius 3 is 2.35 bits per heavy atom. The molecule has 3 heteroatoms. The number of hydrogen-bond acceptors (Lipinski definition) is 1. The first kappa shape index (κ1) is 15.3. The van der Waals surface area contributed by atoms with Gasteiger partial charge >= 0.3 is 0 Å². The molecule has 0 spiro atoms. The second kappa shape index (κ2) is 6.32. The summed E-state index contributed by atoms with van der Waals surface area (Å²) in [4.78, 5) is 2.63. The number of rotatable bonds is 3. The molecule has 2 aromatic carbocycles. The highest BCUT2D eigenvalue weighted by Gasteiger charge is 2.37. The number of fused-ring (bicyclic) bond motifs is 2. The van der Waals surface area contributed by atoms with Crippen LogP contribution in [-0.2, 0) is 6.54 Å². The monoisotopic (exact) mass is 343 g/mol. The summed E-state index contributed by atoms with van der Waals surface area (Å²) < 4.78 is 0. The maximum atomic E-state index is 6.41. The van der Waals surface area contributed by atoms with Gasteiger partial charge in [-0.2, -0.15) is 0 Å². The highest BCUT2D eigenvalue weighted by Crippen LogP contribution is 2.42. The number of benzene rings is 2. The van der Waals surface area contributed by atoms with Gasteiger partial charge in [-0.15, -0.1) is 0 Å². The van der Waals surface area contributed by atoms with Gasteiger partial charge in [0.25, 0.3) is 0 Å². The fourth-order valence-corrected chi connectivity index (χ4v) is 4.59. The van der Waals surface area contributed by atoms with Crippen molar-refractivity contribution in [3.05, 3.63) is 75.8 Å². The summed E-state index contributed by atoms with van der Waals surface area (Å²) >= 11 is 12.8. The van der Waals surface area contributed by atoms with Crippen LogP contribution in [0.1, 0.15) is 30.4 Å². The molecule has 0 N–H and O–H groups in total. The molecule has 2 bridgehead atoms. The SMILES string of the molecule is Clc1cccc(Cl)c1C1=CC2CCC(C1)N2Cc1ccccc1. The van der Waals surface area contributed by atoms with Crippen molar-refractivity contribution in [2.24, 2.45) is 0 Å². The molecule has 2 atom stereocenters. The minimum absolute atomic E-state index is 0.497. The van der Waals surface area contributed by atoms with Gasteiger partial charge in [0.2, 0.25) is 0 Å². The molecule has 0 radical (unpaired) electrons. The third-order valence-corrected chi connectivity index (χ3v) is 5.66. The highest BCUT2D eigenvalue weighted by atomic mass is 35.5. The Labute approximate surface area is 147 Å². The first-order valence-corrected chi connectivity index (χ1v) is 8.93. The van der Waals surface area contributed by atoms with Crippen molar-refractivity contribution in [3.63, 3.8) is 0 Å². The summed E-state index contributed by atoms with van der Waals surface area (Å²) in [6, 6.07) is 17.6. The lowest BCUT2D eigenvalue weighted by Gasteiger charge is -2.34. The normalized spacial score (nSPS) is 23.8. The van der Waals surface area contributed by atoms with E-state index in [2.05, 4.69) is 41.3 Å². The van der Waals surface area contributed by atoms with Gasteiger partial charge in [0, 0.05) is 34.2 Å². The smallest absolute Gasteiger partial charge is 0.0496 e. The van der Waals surface area contributed by atoms with Gasteiger partial charge in [-0.3, -0.25) is 4.90 Å². The summed E-state index contributed by atoms with van der Waals surface area (Å²) in [7, 11) is 0. The fraction of sp³-hybridized carbons (Fsp3) is 0.300. The van der Waals surface area contributed by atoms with Gasteiger partial charge in [-0.1, -0.05) is 65.7 Å². The minimum atomic E-state index is 0.497. The number of hydrogen-bond donors (Lipinski definition) is 0. The molecule has 23 heavy (non-hydrogen) atoms. The van der Waals surface area contributed by atoms with E-state index in [0.717, 1.165) is 28.6 Å². The summed E-state index contributed by atoms with van der Waals surface area (Å²) in [5, 5.41) is 1.53. The molecule has 1 nitrogen and oxygen atoms in total. The van der Waals surface area contributed by atoms with E-state index in [0.29, 0.717) is 12.1 Å². The molecular formula is C20H19Cl2N. The first-order chi connectivity index (χ1) is 11.2. The third-order valence-electron chi connectivity index (χ3n) is 5.03. The molecule has 2 unspecified atom stereocenters. The van der Waals surface area contributed by atoms with Crippen molar-refractivity contribution in [2.45, 2.75) is 37.9 Å². The molecule has 1 fully saturated rings. The lowest BCUT2D eigenvalue weighted by molar-refractivity contribution is 0.203. The fourth-order valence-electron chi connectivity index (χ4n) is 3.95. The predicted octanol–water partition coefficient (Wildman–Crippen LogP) is 5.81. The van der Waals surface area contributed by atoms with E-state index in [1.165, 1.54) is 24.0 Å². The van der Waals surface area contributed by atoms with E-state index in [9.17, 15) is 0 Å². The Hall–Kier alpha value is -1.28. The van der Waals surface area contributed by atoms with Crippen LogP contribution in [0, 0.1) is 0 Å². The zero-order valence-corrected chi connectivity index (χ0v) is 14.4. The topological polar surface area (TPSA) is 3.24 Å². The molecule has 1 saturated heterocycles. The van der Waals surface area contributed by atoms with Crippen molar-refractivity contribution in [3.8, 4) is 0 Å². The van der Waals surface area contributed by atoms with E-state index in [1.807, 2.05) is 18.2 Å². The van der Waals surface area contributed by atoms with Crippen LogP contribution in [0.15, 0.2) is 54.6 Å². The Morgan fingerprint density at radius 1 is 0.913 bits per heavy atom. The Balaban J connectivity index is 1.62. The van der Waals surface area contributed by atoms with E-state index in [1.54, 1.807) is 0 Å². The molecule has 118 valence electrons. The van der Waals surface area contributed by atoms with Crippen molar-refractivity contribution in [1.29, 1.82) is 0 Å². The molecule has 2 aliphatic heterocycles. The summed E-state index contributed by atoms with van der Waals surface area (Å²) in [5.41, 5.74) is 3.74. The average molecular weight is 344 g/mol. The van der Waals surface area contributed by atoms with Crippen molar-refractivity contribution in [1.82, 2.24) is 4.90 Å². The van der Waals surface area contributed by atoms with Crippen LogP contribution in [0.3, 0.4) is 0 Å². The highest BCUT2D eigenvalue weighted by molar-refractivity contribution is 6.37. The molecule has 0 aliphatic carbocycles. The van der Waals surface area contributed by atoms with Crippen LogP contribution < -0.4 is 0 Å². The molecule has 2 aliphatic rings. The number of nitrogens with zero attached hydrogens (tertiary/aromatic N) is 1. The lowest BCUT2D eigenvalue weighted by Crippen LogP contribution is -2.37. The van der Waals surface area contributed by atoms with Crippen molar-refractivity contribution in [2.75, 3.05) is 0 Å². The van der Waals surface area contributed by atoms with Crippen LogP contribution in [0.25, 0.3) is 5.57 Å². The van der Waals surface area contributed by atoms with Gasteiger partial charge in [-0.05, 0) is 42.5 Å². The second-order valence-corrected chi connectivity index (χ2v) is 7.26. The summed E-state index contributed by atoms with van der Waals surface area (Å²) in [6.45, 7) is 1.02. The van der Waals surface area contributed by atoms with Gasteiger partial charge in [0.15, 0.2) is 0 Å². The number of halogens is 2. The Bertz CT molecular complexity index is 718. The third kappa shape index (κ3) is 2.94. The largest absolute Gasteiger partial charge is 0.289 e. The first-order valence-electron chi connectivity index (χ1n) is 8.17. The van der Waals surface area contributed by atoms with Crippen LogP contribution in [-0.4, -0.2) is 17.0 Å². The summed E-state index contributed by atoms with van der Waals surface area (Å²) in [6.07, 6.45) is 5.90. The molecular weight excluding hydrogens is 325 g/mol. The van der Waals surface area contributed by atoms with Crippen LogP contribution in [0.4, 0.5) is 0 Å². The van der Waals surface area contributed by atoms with Gasteiger partial charge in [-0.25, -0.2) is 0 Å². The average Bonchev–Trinajstić information content (AvgIpc) is 2.78. The molecule has 0 amide bonds. The van der Waals surface area contributed by atoms with Gasteiger partial charge in [0.05, 0.1) is 0 Å². The molecule has 4 rings (SSSR count). The maximum Gasteiger partial charge on any atom is 0.0496 e. The molecule has 0 saturated carbocycles.